The number of carbonyl (C=O) groups excluding carboxylic acids is 1. The van der Waals surface area contributed by atoms with Crippen molar-refractivity contribution in [3.05, 3.63) is 54.4 Å². The molecule has 4 rings (SSSR count). The Bertz CT molecular complexity index is 1260. The molecule has 1 aliphatic rings. The Morgan fingerprint density at radius 1 is 1.03 bits per heavy atom. The first-order valence-electron chi connectivity index (χ1n) is 11.7. The van der Waals surface area contributed by atoms with E-state index in [1.807, 2.05) is 25.1 Å². The molecule has 13 heteroatoms. The summed E-state index contributed by atoms with van der Waals surface area (Å²) in [5.41, 5.74) is 2.59. The molecule has 2 heterocycles. The van der Waals surface area contributed by atoms with Crippen LogP contribution in [0.1, 0.15) is 18.7 Å². The first-order chi connectivity index (χ1) is 17.9. The summed E-state index contributed by atoms with van der Waals surface area (Å²) in [5.74, 6) is -2.63. The molecular formula is C25H27F3N4O6. The number of amides is 1. The van der Waals surface area contributed by atoms with Crippen LogP contribution in [0.25, 0.3) is 11.0 Å². The molecule has 10 nitrogen and oxygen atoms in total. The van der Waals surface area contributed by atoms with E-state index in [0.717, 1.165) is 49.3 Å². The first kappa shape index (κ1) is 28.4. The molecule has 38 heavy (non-hydrogen) atoms. The summed E-state index contributed by atoms with van der Waals surface area (Å²) < 4.78 is 42.8. The van der Waals surface area contributed by atoms with Crippen molar-refractivity contribution in [2.45, 2.75) is 32.7 Å². The summed E-state index contributed by atoms with van der Waals surface area (Å²) in [6, 6.07) is 13.3. The van der Waals surface area contributed by atoms with Crippen molar-refractivity contribution >= 4 is 34.6 Å². The summed E-state index contributed by atoms with van der Waals surface area (Å²) in [6.45, 7) is 4.84. The fraction of sp³-hybridized carbons (Fsp3) is 0.360. The number of para-hydroxylation sites is 2. The van der Waals surface area contributed by atoms with E-state index in [0.29, 0.717) is 11.6 Å². The summed E-state index contributed by atoms with van der Waals surface area (Å²) in [6.07, 6.45) is -2.76. The Kier molecular flexibility index (Phi) is 9.29. The highest BCUT2D eigenvalue weighted by molar-refractivity contribution is 6.27. The lowest BCUT2D eigenvalue weighted by molar-refractivity contribution is -0.274. The van der Waals surface area contributed by atoms with Crippen molar-refractivity contribution in [1.29, 1.82) is 0 Å². The normalized spacial score (nSPS) is 14.4. The van der Waals surface area contributed by atoms with Gasteiger partial charge in [0.15, 0.2) is 0 Å². The first-order valence-corrected chi connectivity index (χ1v) is 11.7. The van der Waals surface area contributed by atoms with E-state index in [1.165, 1.54) is 24.3 Å². The molecule has 0 bridgehead atoms. The molecule has 0 unspecified atom stereocenters. The number of hydrogen-bond acceptors (Lipinski definition) is 6. The van der Waals surface area contributed by atoms with Crippen LogP contribution in [-0.2, 0) is 20.9 Å². The Balaban J connectivity index is 0.000000599. The van der Waals surface area contributed by atoms with Gasteiger partial charge in [0.25, 0.3) is 0 Å². The van der Waals surface area contributed by atoms with Gasteiger partial charge < -0.3 is 24.8 Å². The number of hydrogen-bond donors (Lipinski definition) is 3. The number of likely N-dealkylation sites (tertiary alicyclic amines) is 1. The van der Waals surface area contributed by atoms with Gasteiger partial charge in [-0.15, -0.1) is 13.2 Å². The lowest BCUT2D eigenvalue weighted by Gasteiger charge is -2.31. The third-order valence-electron chi connectivity index (χ3n) is 5.92. The number of rotatable bonds is 6. The van der Waals surface area contributed by atoms with Gasteiger partial charge in [-0.3, -0.25) is 9.69 Å². The van der Waals surface area contributed by atoms with Gasteiger partial charge in [0.05, 0.1) is 17.6 Å². The second-order valence-corrected chi connectivity index (χ2v) is 8.71. The number of alkyl halides is 3. The molecule has 0 spiro atoms. The highest BCUT2D eigenvalue weighted by Gasteiger charge is 2.31. The summed E-state index contributed by atoms with van der Waals surface area (Å²) in [5, 5.41) is 17.5. The van der Waals surface area contributed by atoms with Crippen molar-refractivity contribution in [3.63, 3.8) is 0 Å². The Morgan fingerprint density at radius 3 is 2.21 bits per heavy atom. The van der Waals surface area contributed by atoms with E-state index in [-0.39, 0.29) is 18.2 Å². The zero-order valence-corrected chi connectivity index (χ0v) is 20.4. The molecule has 204 valence electrons. The number of aliphatic carboxylic acids is 2. The van der Waals surface area contributed by atoms with Gasteiger partial charge in [-0.25, -0.2) is 14.6 Å². The number of benzene rings is 2. The predicted octanol–water partition coefficient (Wildman–Crippen LogP) is 3.75. The van der Waals surface area contributed by atoms with Gasteiger partial charge >= 0.3 is 18.3 Å². The molecule has 0 aliphatic carbocycles. The number of imidazole rings is 1. The molecule has 1 amide bonds. The van der Waals surface area contributed by atoms with E-state index in [1.54, 1.807) is 0 Å². The van der Waals surface area contributed by atoms with Gasteiger partial charge in [0.1, 0.15) is 11.6 Å². The van der Waals surface area contributed by atoms with Gasteiger partial charge in [0.2, 0.25) is 5.91 Å². The molecule has 1 aliphatic heterocycles. The SMILES string of the molecule is Cc1nc2ccccc2n1CC1CCN(CC(=O)Nc2ccc(OC(F)(F)F)cc2)CC1.O=C(O)C(=O)O. The number of piperidine rings is 1. The molecule has 1 saturated heterocycles. The topological polar surface area (TPSA) is 134 Å². The lowest BCUT2D eigenvalue weighted by Crippen LogP contribution is -2.40. The number of anilines is 1. The van der Waals surface area contributed by atoms with Crippen LogP contribution >= 0.6 is 0 Å². The molecule has 3 aromatic rings. The van der Waals surface area contributed by atoms with E-state index in [9.17, 15) is 18.0 Å². The smallest absolute Gasteiger partial charge is 0.473 e. The van der Waals surface area contributed by atoms with Crippen LogP contribution in [0.4, 0.5) is 18.9 Å². The predicted molar refractivity (Wildman–Crippen MR) is 131 cm³/mol. The maximum absolute atomic E-state index is 12.3. The summed E-state index contributed by atoms with van der Waals surface area (Å²) in [7, 11) is 0. The fourth-order valence-electron chi connectivity index (χ4n) is 4.16. The van der Waals surface area contributed by atoms with Crippen LogP contribution in [0.15, 0.2) is 48.5 Å². The zero-order chi connectivity index (χ0) is 27.9. The highest BCUT2D eigenvalue weighted by atomic mass is 19.4. The van der Waals surface area contributed by atoms with Crippen LogP contribution in [0.3, 0.4) is 0 Å². The molecule has 3 N–H and O–H groups in total. The Labute approximate surface area is 215 Å². The molecule has 0 atom stereocenters. The summed E-state index contributed by atoms with van der Waals surface area (Å²) in [4.78, 5) is 37.3. The number of halogens is 3. The second-order valence-electron chi connectivity index (χ2n) is 8.71. The van der Waals surface area contributed by atoms with Crippen molar-refractivity contribution in [3.8, 4) is 5.75 Å². The van der Waals surface area contributed by atoms with Crippen molar-refractivity contribution in [1.82, 2.24) is 14.5 Å². The average molecular weight is 537 g/mol. The number of fused-ring (bicyclic) bond motifs is 1. The van der Waals surface area contributed by atoms with Gasteiger partial charge in [-0.05, 0) is 75.2 Å². The monoisotopic (exact) mass is 536 g/mol. The number of aromatic nitrogens is 2. The maximum atomic E-state index is 12.3. The number of ether oxygens (including phenoxy) is 1. The van der Waals surface area contributed by atoms with Crippen LogP contribution in [0.5, 0.6) is 5.75 Å². The van der Waals surface area contributed by atoms with Crippen LogP contribution in [-0.4, -0.2) is 68.5 Å². The number of carboxylic acids is 2. The summed E-state index contributed by atoms with van der Waals surface area (Å²) >= 11 is 0. The third kappa shape index (κ3) is 8.47. The number of aryl methyl sites for hydroxylation is 1. The number of carboxylic acid groups (broad SMARTS) is 2. The highest BCUT2D eigenvalue weighted by Crippen LogP contribution is 2.25. The van der Waals surface area contributed by atoms with E-state index in [4.69, 9.17) is 19.8 Å². The lowest BCUT2D eigenvalue weighted by atomic mass is 9.96. The Morgan fingerprint density at radius 2 is 1.63 bits per heavy atom. The zero-order valence-electron chi connectivity index (χ0n) is 20.4. The quantitative estimate of drug-likeness (QED) is 0.406. The minimum absolute atomic E-state index is 0.190. The number of nitrogens with one attached hydrogen (secondary N) is 1. The molecule has 0 radical (unpaired) electrons. The van der Waals surface area contributed by atoms with E-state index in [2.05, 4.69) is 30.6 Å². The van der Waals surface area contributed by atoms with Crippen LogP contribution in [0, 0.1) is 12.8 Å². The van der Waals surface area contributed by atoms with Crippen molar-refractivity contribution < 1.29 is 42.5 Å². The van der Waals surface area contributed by atoms with Gasteiger partial charge in [-0.1, -0.05) is 12.1 Å². The fourth-order valence-corrected chi connectivity index (χ4v) is 4.16. The van der Waals surface area contributed by atoms with Gasteiger partial charge in [0, 0.05) is 12.2 Å². The molecular weight excluding hydrogens is 509 g/mol. The minimum Gasteiger partial charge on any atom is -0.473 e. The van der Waals surface area contributed by atoms with Crippen LogP contribution < -0.4 is 10.1 Å². The van der Waals surface area contributed by atoms with E-state index < -0.39 is 18.3 Å². The van der Waals surface area contributed by atoms with Gasteiger partial charge in [-0.2, -0.15) is 0 Å². The number of carbonyl (C=O) groups is 3. The Hall–Kier alpha value is -4.13. The standard InChI is InChI=1S/C23H25F3N4O2.C2H2O4/c1-16-27-20-4-2-3-5-21(20)30(16)14-17-10-12-29(13-11-17)15-22(31)28-18-6-8-19(9-7-18)32-23(24,25)26;3-1(4)2(5)6/h2-9,17H,10-15H2,1H3,(H,28,31);(H,3,4)(H,5,6). The molecule has 1 fully saturated rings. The molecule has 1 aromatic heterocycles. The molecule has 0 saturated carbocycles. The maximum Gasteiger partial charge on any atom is 0.573 e. The molecule has 2 aromatic carbocycles. The second kappa shape index (κ2) is 12.4. The van der Waals surface area contributed by atoms with Crippen LogP contribution in [0.2, 0.25) is 0 Å². The van der Waals surface area contributed by atoms with E-state index >= 15 is 0 Å². The largest absolute Gasteiger partial charge is 0.573 e. The average Bonchev–Trinajstić information content (AvgIpc) is 3.16. The number of nitrogens with zero attached hydrogens (tertiary/aromatic N) is 3. The van der Waals surface area contributed by atoms with Crippen molar-refractivity contribution in [2.75, 3.05) is 25.0 Å². The third-order valence-corrected chi connectivity index (χ3v) is 5.92. The van der Waals surface area contributed by atoms with Crippen molar-refractivity contribution in [2.24, 2.45) is 5.92 Å². The minimum atomic E-state index is -4.74.